The monoisotopic (exact) mass is 293 g/mol. The molecule has 0 aliphatic carbocycles. The molecular formula is C14H19N3O4. The van der Waals surface area contributed by atoms with Crippen molar-refractivity contribution in [2.45, 2.75) is 6.42 Å². The van der Waals surface area contributed by atoms with Gasteiger partial charge in [-0.05, 0) is 6.07 Å². The number of methoxy groups -OCH3 is 1. The Bertz CT molecular complexity index is 503. The van der Waals surface area contributed by atoms with Gasteiger partial charge in [-0.2, -0.15) is 0 Å². The Kier molecular flexibility index (Phi) is 5.10. The van der Waals surface area contributed by atoms with Crippen molar-refractivity contribution in [3.05, 3.63) is 18.3 Å². The van der Waals surface area contributed by atoms with Crippen LogP contribution in [-0.2, 0) is 14.3 Å². The predicted molar refractivity (Wildman–Crippen MR) is 76.0 cm³/mol. The van der Waals surface area contributed by atoms with Gasteiger partial charge in [0.05, 0.1) is 24.4 Å². The molecular weight excluding hydrogens is 274 g/mol. The lowest BCUT2D eigenvalue weighted by atomic mass is 10.1. The highest BCUT2D eigenvalue weighted by Crippen LogP contribution is 2.19. The fraction of sp³-hybridized carbons (Fsp3) is 0.500. The van der Waals surface area contributed by atoms with Crippen molar-refractivity contribution >= 4 is 17.5 Å². The normalized spacial score (nSPS) is 17.9. The van der Waals surface area contributed by atoms with Crippen LogP contribution in [0.4, 0.5) is 5.69 Å². The van der Waals surface area contributed by atoms with E-state index in [0.29, 0.717) is 31.3 Å². The summed E-state index contributed by atoms with van der Waals surface area (Å²) in [5.74, 6) is -0.00123. The standard InChI is InChI=1S/C14H19N3O4/c1-17-9-10(7-13(17)18)14(19)16-11-3-4-12(15-8-11)21-6-5-20-2/h3-4,8,10H,5-7,9H2,1-2H3,(H,16,19)/t10-/m1/s1. The third-order valence-electron chi connectivity index (χ3n) is 3.25. The van der Waals surface area contributed by atoms with Crippen molar-refractivity contribution in [2.24, 2.45) is 5.92 Å². The molecule has 7 heteroatoms. The zero-order chi connectivity index (χ0) is 15.2. The summed E-state index contributed by atoms with van der Waals surface area (Å²) < 4.78 is 10.2. The molecule has 1 N–H and O–H groups in total. The first-order valence-electron chi connectivity index (χ1n) is 6.72. The number of aromatic nitrogens is 1. The highest BCUT2D eigenvalue weighted by atomic mass is 16.5. The minimum absolute atomic E-state index is 0.00448. The van der Waals surface area contributed by atoms with Crippen molar-refractivity contribution in [3.8, 4) is 5.88 Å². The SMILES string of the molecule is COCCOc1ccc(NC(=O)[C@@H]2CC(=O)N(C)C2)cn1. The Morgan fingerprint density at radius 2 is 2.29 bits per heavy atom. The largest absolute Gasteiger partial charge is 0.475 e. The maximum Gasteiger partial charge on any atom is 0.229 e. The van der Waals surface area contributed by atoms with Crippen LogP contribution in [0.2, 0.25) is 0 Å². The molecule has 2 heterocycles. The summed E-state index contributed by atoms with van der Waals surface area (Å²) in [5, 5.41) is 2.76. The number of hydrogen-bond acceptors (Lipinski definition) is 5. The summed E-state index contributed by atoms with van der Waals surface area (Å²) in [4.78, 5) is 29.1. The van der Waals surface area contributed by atoms with Crippen LogP contribution < -0.4 is 10.1 Å². The zero-order valence-corrected chi connectivity index (χ0v) is 12.2. The van der Waals surface area contributed by atoms with E-state index in [2.05, 4.69) is 10.3 Å². The van der Waals surface area contributed by atoms with Crippen molar-refractivity contribution in [3.63, 3.8) is 0 Å². The molecule has 0 bridgehead atoms. The van der Waals surface area contributed by atoms with Gasteiger partial charge in [0.1, 0.15) is 6.61 Å². The van der Waals surface area contributed by atoms with Crippen LogP contribution in [0, 0.1) is 5.92 Å². The maximum absolute atomic E-state index is 12.0. The molecule has 1 fully saturated rings. The maximum atomic E-state index is 12.0. The van der Waals surface area contributed by atoms with E-state index >= 15 is 0 Å². The lowest BCUT2D eigenvalue weighted by molar-refractivity contribution is -0.127. The Morgan fingerprint density at radius 1 is 1.48 bits per heavy atom. The number of nitrogens with zero attached hydrogens (tertiary/aromatic N) is 2. The third-order valence-corrected chi connectivity index (χ3v) is 3.25. The minimum Gasteiger partial charge on any atom is -0.475 e. The molecule has 0 saturated carbocycles. The highest BCUT2D eigenvalue weighted by molar-refractivity contribution is 5.97. The van der Waals surface area contributed by atoms with E-state index in [0.717, 1.165) is 0 Å². The van der Waals surface area contributed by atoms with Crippen LogP contribution in [0.3, 0.4) is 0 Å². The Balaban J connectivity index is 1.85. The van der Waals surface area contributed by atoms with Gasteiger partial charge in [-0.25, -0.2) is 4.98 Å². The molecule has 0 spiro atoms. The number of ether oxygens (including phenoxy) is 2. The molecule has 2 rings (SSSR count). The molecule has 1 atom stereocenters. The van der Waals surface area contributed by atoms with Gasteiger partial charge >= 0.3 is 0 Å². The molecule has 7 nitrogen and oxygen atoms in total. The van der Waals surface area contributed by atoms with Crippen LogP contribution >= 0.6 is 0 Å². The quantitative estimate of drug-likeness (QED) is 0.774. The first-order valence-corrected chi connectivity index (χ1v) is 6.72. The summed E-state index contributed by atoms with van der Waals surface area (Å²) in [7, 11) is 3.30. The van der Waals surface area contributed by atoms with E-state index in [9.17, 15) is 9.59 Å². The zero-order valence-electron chi connectivity index (χ0n) is 12.2. The van der Waals surface area contributed by atoms with Gasteiger partial charge < -0.3 is 19.7 Å². The van der Waals surface area contributed by atoms with E-state index in [4.69, 9.17) is 9.47 Å². The molecule has 114 valence electrons. The van der Waals surface area contributed by atoms with E-state index in [1.54, 1.807) is 31.2 Å². The van der Waals surface area contributed by atoms with E-state index < -0.39 is 0 Å². The van der Waals surface area contributed by atoms with E-state index in [1.807, 2.05) is 0 Å². The van der Waals surface area contributed by atoms with E-state index in [-0.39, 0.29) is 24.2 Å². The predicted octanol–water partition coefficient (Wildman–Crippen LogP) is 0.524. The second kappa shape index (κ2) is 7.03. The lowest BCUT2D eigenvalue weighted by Gasteiger charge is -2.11. The summed E-state index contributed by atoms with van der Waals surface area (Å²) in [5.41, 5.74) is 0.584. The van der Waals surface area contributed by atoms with Gasteiger partial charge in [0, 0.05) is 33.2 Å². The van der Waals surface area contributed by atoms with Crippen molar-refractivity contribution < 1.29 is 19.1 Å². The van der Waals surface area contributed by atoms with Gasteiger partial charge in [0.25, 0.3) is 0 Å². The number of anilines is 1. The van der Waals surface area contributed by atoms with Crippen LogP contribution in [0.5, 0.6) is 5.88 Å². The second-order valence-electron chi connectivity index (χ2n) is 4.89. The summed E-state index contributed by atoms with van der Waals surface area (Å²) in [6.45, 7) is 1.37. The smallest absolute Gasteiger partial charge is 0.229 e. The topological polar surface area (TPSA) is 80.8 Å². The average molecular weight is 293 g/mol. The molecule has 1 aromatic rings. The molecule has 0 radical (unpaired) electrons. The molecule has 1 saturated heterocycles. The summed E-state index contributed by atoms with van der Waals surface area (Å²) >= 11 is 0. The lowest BCUT2D eigenvalue weighted by Crippen LogP contribution is -2.25. The average Bonchev–Trinajstić information content (AvgIpc) is 2.81. The van der Waals surface area contributed by atoms with Gasteiger partial charge in [-0.1, -0.05) is 0 Å². The van der Waals surface area contributed by atoms with Crippen LogP contribution in [0.25, 0.3) is 0 Å². The second-order valence-corrected chi connectivity index (χ2v) is 4.89. The number of likely N-dealkylation sites (tertiary alicyclic amines) is 1. The first kappa shape index (κ1) is 15.2. The Hall–Kier alpha value is -2.15. The number of carbonyl (C=O) groups excluding carboxylic acids is 2. The number of rotatable bonds is 6. The fourth-order valence-corrected chi connectivity index (χ4v) is 2.05. The summed E-state index contributed by atoms with van der Waals surface area (Å²) in [6.07, 6.45) is 1.79. The third kappa shape index (κ3) is 4.16. The molecule has 0 unspecified atom stereocenters. The molecule has 21 heavy (non-hydrogen) atoms. The van der Waals surface area contributed by atoms with Crippen molar-refractivity contribution in [1.29, 1.82) is 0 Å². The highest BCUT2D eigenvalue weighted by Gasteiger charge is 2.32. The Labute approximate surface area is 123 Å². The fourth-order valence-electron chi connectivity index (χ4n) is 2.05. The Morgan fingerprint density at radius 3 is 2.86 bits per heavy atom. The van der Waals surface area contributed by atoms with Gasteiger partial charge in [0.15, 0.2) is 0 Å². The minimum atomic E-state index is -0.305. The van der Waals surface area contributed by atoms with Crippen molar-refractivity contribution in [1.82, 2.24) is 9.88 Å². The van der Waals surface area contributed by atoms with E-state index in [1.165, 1.54) is 6.20 Å². The molecule has 2 amide bonds. The molecule has 0 aromatic carbocycles. The molecule has 1 aromatic heterocycles. The van der Waals surface area contributed by atoms with Gasteiger partial charge in [-0.3, -0.25) is 9.59 Å². The van der Waals surface area contributed by atoms with Crippen LogP contribution in [-0.4, -0.2) is 55.6 Å². The van der Waals surface area contributed by atoms with Crippen LogP contribution in [0.1, 0.15) is 6.42 Å². The number of pyridine rings is 1. The molecule has 1 aliphatic rings. The van der Waals surface area contributed by atoms with Gasteiger partial charge in [-0.15, -0.1) is 0 Å². The number of amides is 2. The van der Waals surface area contributed by atoms with Gasteiger partial charge in [0.2, 0.25) is 17.7 Å². The number of nitrogens with one attached hydrogen (secondary N) is 1. The number of hydrogen-bond donors (Lipinski definition) is 1. The van der Waals surface area contributed by atoms with Crippen molar-refractivity contribution in [2.75, 3.05) is 39.2 Å². The summed E-state index contributed by atoms with van der Waals surface area (Å²) in [6, 6.07) is 3.39. The number of carbonyl (C=O) groups is 2. The molecule has 1 aliphatic heterocycles. The first-order chi connectivity index (χ1) is 10.1. The van der Waals surface area contributed by atoms with Crippen LogP contribution in [0.15, 0.2) is 18.3 Å².